The van der Waals surface area contributed by atoms with Gasteiger partial charge in [-0.05, 0) is 17.7 Å². The van der Waals surface area contributed by atoms with Crippen LogP contribution in [0.25, 0.3) is 0 Å². The monoisotopic (exact) mass is 205 g/mol. The van der Waals surface area contributed by atoms with Crippen LogP contribution >= 0.6 is 11.8 Å². The van der Waals surface area contributed by atoms with Crippen molar-refractivity contribution < 1.29 is 4.74 Å². The molecule has 0 N–H and O–H groups in total. The van der Waals surface area contributed by atoms with Crippen molar-refractivity contribution in [2.45, 2.75) is 11.0 Å². The number of nitriles is 1. The standard InChI is InChI=1S/C11H11NOS/c12-5-9-1-3-10(4-2-9)8-14-11-6-13-7-11/h1-4,11H,6-8H2. The third kappa shape index (κ3) is 2.28. The summed E-state index contributed by atoms with van der Waals surface area (Å²) in [6, 6.07) is 9.89. The lowest BCUT2D eigenvalue weighted by molar-refractivity contribution is 0.0455. The van der Waals surface area contributed by atoms with Gasteiger partial charge in [0.15, 0.2) is 0 Å². The molecule has 0 unspecified atom stereocenters. The smallest absolute Gasteiger partial charge is 0.0991 e. The van der Waals surface area contributed by atoms with Gasteiger partial charge in [0.25, 0.3) is 0 Å². The first-order valence-corrected chi connectivity index (χ1v) is 5.62. The van der Waals surface area contributed by atoms with E-state index < -0.39 is 0 Å². The van der Waals surface area contributed by atoms with Crippen LogP contribution in [0, 0.1) is 11.3 Å². The van der Waals surface area contributed by atoms with Crippen molar-refractivity contribution in [1.29, 1.82) is 5.26 Å². The predicted octanol–water partition coefficient (Wildman–Crippen LogP) is 2.19. The Morgan fingerprint density at radius 2 is 2.07 bits per heavy atom. The molecule has 0 bridgehead atoms. The van der Waals surface area contributed by atoms with Gasteiger partial charge in [0.1, 0.15) is 0 Å². The maximum atomic E-state index is 8.62. The number of hydrogen-bond acceptors (Lipinski definition) is 3. The van der Waals surface area contributed by atoms with Crippen molar-refractivity contribution in [3.05, 3.63) is 35.4 Å². The lowest BCUT2D eigenvalue weighted by Gasteiger charge is -2.25. The normalized spacial score (nSPS) is 15.9. The fraction of sp³-hybridized carbons (Fsp3) is 0.364. The van der Waals surface area contributed by atoms with Gasteiger partial charge in [-0.2, -0.15) is 5.26 Å². The largest absolute Gasteiger partial charge is 0.379 e. The lowest BCUT2D eigenvalue weighted by atomic mass is 10.2. The van der Waals surface area contributed by atoms with Gasteiger partial charge < -0.3 is 4.74 Å². The summed E-state index contributed by atoms with van der Waals surface area (Å²) in [4.78, 5) is 0. The van der Waals surface area contributed by atoms with Crippen molar-refractivity contribution in [1.82, 2.24) is 0 Å². The minimum Gasteiger partial charge on any atom is -0.379 e. The molecule has 0 amide bonds. The Morgan fingerprint density at radius 1 is 1.36 bits per heavy atom. The third-order valence-electron chi connectivity index (χ3n) is 2.18. The molecular weight excluding hydrogens is 194 g/mol. The van der Waals surface area contributed by atoms with Crippen molar-refractivity contribution >= 4 is 11.8 Å². The van der Waals surface area contributed by atoms with Crippen LogP contribution in [0.2, 0.25) is 0 Å². The number of thioether (sulfide) groups is 1. The predicted molar refractivity (Wildman–Crippen MR) is 57.1 cm³/mol. The van der Waals surface area contributed by atoms with Gasteiger partial charge in [-0.1, -0.05) is 12.1 Å². The van der Waals surface area contributed by atoms with Gasteiger partial charge >= 0.3 is 0 Å². The number of nitrogens with zero attached hydrogens (tertiary/aromatic N) is 1. The van der Waals surface area contributed by atoms with E-state index in [0.717, 1.165) is 24.5 Å². The summed E-state index contributed by atoms with van der Waals surface area (Å²) in [5, 5.41) is 9.29. The van der Waals surface area contributed by atoms with Gasteiger partial charge in [0.05, 0.1) is 30.1 Å². The zero-order valence-corrected chi connectivity index (χ0v) is 8.59. The van der Waals surface area contributed by atoms with Crippen LogP contribution in [-0.4, -0.2) is 18.5 Å². The SMILES string of the molecule is N#Cc1ccc(CSC2COC2)cc1. The van der Waals surface area contributed by atoms with Crippen LogP contribution in [0.1, 0.15) is 11.1 Å². The van der Waals surface area contributed by atoms with Gasteiger partial charge in [-0.25, -0.2) is 0 Å². The second kappa shape index (κ2) is 4.50. The Bertz CT molecular complexity index is 337. The minimum atomic E-state index is 0.672. The highest BCUT2D eigenvalue weighted by Gasteiger charge is 2.18. The highest BCUT2D eigenvalue weighted by molar-refractivity contribution is 7.99. The minimum absolute atomic E-state index is 0.672. The average Bonchev–Trinajstić information content (AvgIpc) is 2.16. The summed E-state index contributed by atoms with van der Waals surface area (Å²) in [7, 11) is 0. The van der Waals surface area contributed by atoms with E-state index in [-0.39, 0.29) is 0 Å². The van der Waals surface area contributed by atoms with Crippen LogP contribution in [0.15, 0.2) is 24.3 Å². The quantitative estimate of drug-likeness (QED) is 0.758. The molecule has 0 aliphatic carbocycles. The molecule has 1 saturated heterocycles. The Morgan fingerprint density at radius 3 is 2.57 bits per heavy atom. The number of rotatable bonds is 3. The molecule has 14 heavy (non-hydrogen) atoms. The molecule has 2 rings (SSSR count). The molecule has 1 aliphatic heterocycles. The van der Waals surface area contributed by atoms with Gasteiger partial charge in [0.2, 0.25) is 0 Å². The van der Waals surface area contributed by atoms with Crippen molar-refractivity contribution in [3.8, 4) is 6.07 Å². The molecule has 1 aromatic rings. The molecule has 0 radical (unpaired) electrons. The van der Waals surface area contributed by atoms with E-state index in [4.69, 9.17) is 10.00 Å². The summed E-state index contributed by atoms with van der Waals surface area (Å²) in [6.45, 7) is 1.78. The molecule has 1 aliphatic rings. The molecule has 3 heteroatoms. The van der Waals surface area contributed by atoms with Gasteiger partial charge in [0, 0.05) is 5.75 Å². The molecule has 1 heterocycles. The third-order valence-corrected chi connectivity index (χ3v) is 3.42. The van der Waals surface area contributed by atoms with E-state index in [1.807, 2.05) is 36.0 Å². The van der Waals surface area contributed by atoms with Crippen LogP contribution in [-0.2, 0) is 10.5 Å². The van der Waals surface area contributed by atoms with Crippen molar-refractivity contribution in [3.63, 3.8) is 0 Å². The molecule has 72 valence electrons. The first kappa shape index (κ1) is 9.57. The lowest BCUT2D eigenvalue weighted by Crippen LogP contribution is -2.30. The Labute approximate surface area is 87.9 Å². The molecule has 0 atom stereocenters. The van der Waals surface area contributed by atoms with Crippen molar-refractivity contribution in [2.24, 2.45) is 0 Å². The van der Waals surface area contributed by atoms with E-state index in [2.05, 4.69) is 6.07 Å². The summed E-state index contributed by atoms with van der Waals surface area (Å²) >= 11 is 1.92. The second-order valence-electron chi connectivity index (χ2n) is 3.28. The Balaban J connectivity index is 1.86. The zero-order chi connectivity index (χ0) is 9.80. The molecule has 1 fully saturated rings. The molecule has 0 spiro atoms. The van der Waals surface area contributed by atoms with E-state index in [1.165, 1.54) is 5.56 Å². The number of hydrogen-bond donors (Lipinski definition) is 0. The second-order valence-corrected chi connectivity index (χ2v) is 4.57. The molecule has 1 aromatic carbocycles. The van der Waals surface area contributed by atoms with Crippen LogP contribution < -0.4 is 0 Å². The van der Waals surface area contributed by atoms with E-state index in [9.17, 15) is 0 Å². The number of benzene rings is 1. The fourth-order valence-corrected chi connectivity index (χ4v) is 2.21. The topological polar surface area (TPSA) is 33.0 Å². The molecular formula is C11H11NOS. The van der Waals surface area contributed by atoms with Crippen LogP contribution in [0.3, 0.4) is 0 Å². The maximum Gasteiger partial charge on any atom is 0.0991 e. The van der Waals surface area contributed by atoms with Crippen molar-refractivity contribution in [2.75, 3.05) is 13.2 Å². The highest BCUT2D eigenvalue weighted by Crippen LogP contribution is 2.23. The summed E-state index contributed by atoms with van der Waals surface area (Å²) in [6.07, 6.45) is 0. The molecule has 0 saturated carbocycles. The Kier molecular flexibility index (Phi) is 3.07. The number of ether oxygens (including phenoxy) is 1. The first-order valence-electron chi connectivity index (χ1n) is 4.57. The first-order chi connectivity index (χ1) is 6.88. The van der Waals surface area contributed by atoms with Crippen LogP contribution in [0.5, 0.6) is 0 Å². The van der Waals surface area contributed by atoms with E-state index in [0.29, 0.717) is 5.25 Å². The summed E-state index contributed by atoms with van der Waals surface area (Å²) in [5.41, 5.74) is 2.01. The van der Waals surface area contributed by atoms with E-state index in [1.54, 1.807) is 0 Å². The van der Waals surface area contributed by atoms with Gasteiger partial charge in [-0.15, -0.1) is 11.8 Å². The summed E-state index contributed by atoms with van der Waals surface area (Å²) < 4.78 is 5.10. The highest BCUT2D eigenvalue weighted by atomic mass is 32.2. The summed E-state index contributed by atoms with van der Waals surface area (Å²) in [5.74, 6) is 1.01. The molecule has 2 nitrogen and oxygen atoms in total. The average molecular weight is 205 g/mol. The Hall–Kier alpha value is -0.980. The van der Waals surface area contributed by atoms with Crippen LogP contribution in [0.4, 0.5) is 0 Å². The van der Waals surface area contributed by atoms with E-state index >= 15 is 0 Å². The molecule has 0 aromatic heterocycles. The maximum absolute atomic E-state index is 8.62. The van der Waals surface area contributed by atoms with Gasteiger partial charge in [-0.3, -0.25) is 0 Å². The fourth-order valence-electron chi connectivity index (χ4n) is 1.20. The zero-order valence-electron chi connectivity index (χ0n) is 7.77.